The first-order chi connectivity index (χ1) is 13.7. The van der Waals surface area contributed by atoms with Gasteiger partial charge < -0.3 is 9.64 Å². The van der Waals surface area contributed by atoms with Gasteiger partial charge in [-0.15, -0.1) is 0 Å². The van der Waals surface area contributed by atoms with E-state index in [9.17, 15) is 22.0 Å². The number of sulfonamides is 1. The van der Waals surface area contributed by atoms with Crippen LogP contribution < -0.4 is 9.46 Å². The minimum Gasteiger partial charge on any atom is -0.435 e. The number of hydrogen-bond donors (Lipinski definition) is 1. The maximum Gasteiger partial charge on any atom is 0.387 e. The van der Waals surface area contributed by atoms with Crippen molar-refractivity contribution in [2.24, 2.45) is 5.92 Å². The van der Waals surface area contributed by atoms with Gasteiger partial charge in [0, 0.05) is 26.1 Å². The molecule has 1 aliphatic carbocycles. The molecule has 0 aromatic heterocycles. The van der Waals surface area contributed by atoms with E-state index >= 15 is 0 Å². The van der Waals surface area contributed by atoms with Gasteiger partial charge in [0.2, 0.25) is 15.9 Å². The summed E-state index contributed by atoms with van der Waals surface area (Å²) in [5.41, 5.74) is 1.42. The maximum absolute atomic E-state index is 12.6. The SMILES string of the molecule is CC1CCCN(C(=O)CCNS(=O)(=O)C2=Cc3ccc(OC(F)F)cc3CC2)C1. The van der Waals surface area contributed by atoms with Crippen LogP contribution in [0.3, 0.4) is 0 Å². The van der Waals surface area contributed by atoms with E-state index in [1.807, 2.05) is 0 Å². The first-order valence-corrected chi connectivity index (χ1v) is 11.3. The van der Waals surface area contributed by atoms with Crippen LogP contribution in [0.2, 0.25) is 0 Å². The number of likely N-dealkylation sites (tertiary alicyclic amines) is 1. The highest BCUT2D eigenvalue weighted by Gasteiger charge is 2.24. The molecule has 1 aromatic rings. The van der Waals surface area contributed by atoms with E-state index in [1.165, 1.54) is 12.1 Å². The molecule has 1 amide bonds. The summed E-state index contributed by atoms with van der Waals surface area (Å²) >= 11 is 0. The second-order valence-corrected chi connectivity index (χ2v) is 9.40. The number of nitrogens with zero attached hydrogens (tertiary/aromatic N) is 1. The molecule has 160 valence electrons. The first kappa shape index (κ1) is 21.7. The van der Waals surface area contributed by atoms with Crippen LogP contribution in [-0.4, -0.2) is 45.5 Å². The Morgan fingerprint density at radius 1 is 1.34 bits per heavy atom. The quantitative estimate of drug-likeness (QED) is 0.724. The molecule has 0 radical (unpaired) electrons. The molecule has 3 rings (SSSR count). The third-order valence-electron chi connectivity index (χ3n) is 5.28. The number of ether oxygens (including phenoxy) is 1. The smallest absolute Gasteiger partial charge is 0.387 e. The number of rotatable bonds is 7. The predicted octanol–water partition coefficient (Wildman–Crippen LogP) is 3.14. The van der Waals surface area contributed by atoms with Crippen LogP contribution in [0.1, 0.15) is 43.7 Å². The lowest BCUT2D eigenvalue weighted by atomic mass is 9.97. The summed E-state index contributed by atoms with van der Waals surface area (Å²) in [4.78, 5) is 14.3. The fourth-order valence-corrected chi connectivity index (χ4v) is 5.00. The third kappa shape index (κ3) is 5.76. The van der Waals surface area contributed by atoms with Crippen LogP contribution in [0.25, 0.3) is 6.08 Å². The van der Waals surface area contributed by atoms with Crippen molar-refractivity contribution in [1.82, 2.24) is 9.62 Å². The van der Waals surface area contributed by atoms with Crippen molar-refractivity contribution in [3.63, 3.8) is 0 Å². The number of benzene rings is 1. The number of halogens is 2. The highest BCUT2D eigenvalue weighted by Crippen LogP contribution is 2.30. The van der Waals surface area contributed by atoms with E-state index in [-0.39, 0.29) is 35.9 Å². The zero-order chi connectivity index (χ0) is 21.0. The molecule has 29 heavy (non-hydrogen) atoms. The fraction of sp³-hybridized carbons (Fsp3) is 0.550. The van der Waals surface area contributed by atoms with Crippen LogP contribution in [0.5, 0.6) is 5.75 Å². The summed E-state index contributed by atoms with van der Waals surface area (Å²) in [5.74, 6) is 0.499. The molecule has 1 fully saturated rings. The largest absolute Gasteiger partial charge is 0.435 e. The lowest BCUT2D eigenvalue weighted by Gasteiger charge is -2.31. The molecule has 9 heteroatoms. The standard InChI is InChI=1S/C20H26F2N2O4S/c1-14-3-2-10-24(13-14)19(25)8-9-23-29(26,27)18-7-5-15-11-17(28-20(21)22)6-4-16(15)12-18/h4,6,11-12,14,20,23H,2-3,5,7-10,13H2,1H3. The highest BCUT2D eigenvalue weighted by atomic mass is 32.2. The Balaban J connectivity index is 1.58. The lowest BCUT2D eigenvalue weighted by Crippen LogP contribution is -2.40. The van der Waals surface area contributed by atoms with E-state index in [1.54, 1.807) is 17.0 Å². The molecule has 1 saturated heterocycles. The molecule has 1 aliphatic heterocycles. The average molecular weight is 429 g/mol. The first-order valence-electron chi connectivity index (χ1n) is 9.80. The van der Waals surface area contributed by atoms with Gasteiger partial charge in [-0.2, -0.15) is 8.78 Å². The second kappa shape index (κ2) is 9.21. The topological polar surface area (TPSA) is 75.7 Å². The van der Waals surface area contributed by atoms with Crippen molar-refractivity contribution >= 4 is 22.0 Å². The molecule has 2 aliphatic rings. The van der Waals surface area contributed by atoms with Crippen LogP contribution >= 0.6 is 0 Å². The van der Waals surface area contributed by atoms with Gasteiger partial charge >= 0.3 is 6.61 Å². The molecule has 1 N–H and O–H groups in total. The Kier molecular flexibility index (Phi) is 6.89. The minimum atomic E-state index is -3.70. The van der Waals surface area contributed by atoms with Crippen LogP contribution in [-0.2, 0) is 21.2 Å². The highest BCUT2D eigenvalue weighted by molar-refractivity contribution is 7.93. The summed E-state index contributed by atoms with van der Waals surface area (Å²) in [7, 11) is -3.70. The monoisotopic (exact) mass is 428 g/mol. The molecular weight excluding hydrogens is 402 g/mol. The van der Waals surface area contributed by atoms with Gasteiger partial charge in [0.15, 0.2) is 0 Å². The normalized spacial score (nSPS) is 19.7. The Hall–Kier alpha value is -2.00. The van der Waals surface area contributed by atoms with Gasteiger partial charge in [-0.3, -0.25) is 4.79 Å². The van der Waals surface area contributed by atoms with Crippen molar-refractivity contribution in [2.75, 3.05) is 19.6 Å². The van der Waals surface area contributed by atoms with Crippen LogP contribution in [0.4, 0.5) is 8.78 Å². The average Bonchev–Trinajstić information content (AvgIpc) is 2.66. The van der Waals surface area contributed by atoms with Crippen molar-refractivity contribution in [1.29, 1.82) is 0 Å². The zero-order valence-electron chi connectivity index (χ0n) is 16.4. The Morgan fingerprint density at radius 3 is 2.86 bits per heavy atom. The van der Waals surface area contributed by atoms with E-state index in [4.69, 9.17) is 0 Å². The van der Waals surface area contributed by atoms with Gasteiger partial charge in [0.05, 0.1) is 4.91 Å². The lowest BCUT2D eigenvalue weighted by molar-refractivity contribution is -0.132. The van der Waals surface area contributed by atoms with E-state index in [0.29, 0.717) is 17.9 Å². The van der Waals surface area contributed by atoms with Crippen LogP contribution in [0, 0.1) is 5.92 Å². The number of amides is 1. The Bertz CT molecular complexity index is 886. The van der Waals surface area contributed by atoms with Gasteiger partial charge in [-0.25, -0.2) is 13.1 Å². The summed E-state index contributed by atoms with van der Waals surface area (Å²) in [6.07, 6.45) is 4.44. The van der Waals surface area contributed by atoms with Crippen molar-refractivity contribution < 1.29 is 26.7 Å². The van der Waals surface area contributed by atoms with Gasteiger partial charge in [0.25, 0.3) is 0 Å². The number of carbonyl (C=O) groups excluding carboxylic acids is 1. The Labute approximate surface area is 170 Å². The number of piperidine rings is 1. The maximum atomic E-state index is 12.6. The van der Waals surface area contributed by atoms with E-state index < -0.39 is 16.6 Å². The van der Waals surface area contributed by atoms with E-state index in [0.717, 1.165) is 31.5 Å². The second-order valence-electron chi connectivity index (χ2n) is 7.58. The Morgan fingerprint density at radius 2 is 2.14 bits per heavy atom. The molecule has 0 bridgehead atoms. The number of alkyl halides is 2. The van der Waals surface area contributed by atoms with E-state index in [2.05, 4.69) is 16.4 Å². The number of carbonyl (C=O) groups is 1. The summed E-state index contributed by atoms with van der Waals surface area (Å²) in [6.45, 7) is 0.721. The summed E-state index contributed by atoms with van der Waals surface area (Å²) in [5, 5.41) is 0. The predicted molar refractivity (Wildman–Crippen MR) is 106 cm³/mol. The molecule has 1 heterocycles. The number of allylic oxidation sites excluding steroid dienone is 1. The molecule has 1 aromatic carbocycles. The van der Waals surface area contributed by atoms with Gasteiger partial charge in [-0.05, 0) is 60.9 Å². The summed E-state index contributed by atoms with van der Waals surface area (Å²) < 4.78 is 56.7. The number of aryl methyl sites for hydroxylation is 1. The molecule has 1 unspecified atom stereocenters. The molecule has 6 nitrogen and oxygen atoms in total. The third-order valence-corrected chi connectivity index (χ3v) is 6.88. The van der Waals surface area contributed by atoms with Crippen molar-refractivity contribution in [2.45, 2.75) is 45.6 Å². The molecule has 0 spiro atoms. The van der Waals surface area contributed by atoms with Gasteiger partial charge in [0.1, 0.15) is 5.75 Å². The van der Waals surface area contributed by atoms with Crippen LogP contribution in [0.15, 0.2) is 23.1 Å². The molecular formula is C20H26F2N2O4S. The number of nitrogens with one attached hydrogen (secondary N) is 1. The zero-order valence-corrected chi connectivity index (χ0v) is 17.2. The molecule has 0 saturated carbocycles. The molecule has 1 atom stereocenters. The fourth-order valence-electron chi connectivity index (χ4n) is 3.79. The summed E-state index contributed by atoms with van der Waals surface area (Å²) in [6, 6.07) is 4.47. The minimum absolute atomic E-state index is 0.0335. The van der Waals surface area contributed by atoms with Crippen molar-refractivity contribution in [3.8, 4) is 5.75 Å². The number of hydrogen-bond acceptors (Lipinski definition) is 4. The van der Waals surface area contributed by atoms with Crippen molar-refractivity contribution in [3.05, 3.63) is 34.2 Å². The van der Waals surface area contributed by atoms with Gasteiger partial charge in [-0.1, -0.05) is 13.0 Å². The number of fused-ring (bicyclic) bond motifs is 1.